The topological polar surface area (TPSA) is 80.6 Å². The Morgan fingerprint density at radius 3 is 2.38 bits per heavy atom. The predicted molar refractivity (Wildman–Crippen MR) is 39.2 cm³/mol. The van der Waals surface area contributed by atoms with Gasteiger partial charge in [0.1, 0.15) is 5.75 Å². The number of carbonyl (C=O) groups is 1. The zero-order chi connectivity index (χ0) is 9.30. The third-order valence-electron chi connectivity index (χ3n) is 1.44. The summed E-state index contributed by atoms with van der Waals surface area (Å²) in [5.74, 6) is -2.55. The zero-order valence-corrected chi connectivity index (χ0v) is 7.61. The quantitative estimate of drug-likeness (QED) is 0.688. The van der Waals surface area contributed by atoms with Gasteiger partial charge in [-0.2, -0.15) is 0 Å². The van der Waals surface area contributed by atoms with E-state index in [1.54, 1.807) is 6.92 Å². The first-order valence-corrected chi connectivity index (χ1v) is 3.26. The fourth-order valence-corrected chi connectivity index (χ4v) is 0.950. The van der Waals surface area contributed by atoms with E-state index >= 15 is 0 Å². The monoisotopic (exact) mass is 230 g/mol. The average molecular weight is 231 g/mol. The standard InChI is InChI=1S/C8H8O4.Cu/c1-4-2-5(9)7(8(11)12)6(10)3-4;/h2-3,9-10H,1H3,(H,11,12);/q;+1/p-1. The number of aromatic hydroxyl groups is 1. The Bertz CT molecular complexity index is 312. The zero-order valence-electron chi connectivity index (χ0n) is 6.67. The molecular weight excluding hydrogens is 224 g/mol. The van der Waals surface area contributed by atoms with Crippen molar-refractivity contribution in [3.63, 3.8) is 0 Å². The van der Waals surface area contributed by atoms with E-state index in [0.29, 0.717) is 5.56 Å². The number of hydrogen-bond acceptors (Lipinski definition) is 3. The number of hydrogen-bond donors (Lipinski definition) is 2. The van der Waals surface area contributed by atoms with E-state index in [1.165, 1.54) is 12.1 Å². The normalized spacial score (nSPS) is 9.00. The number of carboxylic acid groups (broad SMARTS) is 1. The Labute approximate surface area is 85.3 Å². The molecule has 1 rings (SSSR count). The molecule has 0 saturated heterocycles. The van der Waals surface area contributed by atoms with E-state index in [2.05, 4.69) is 0 Å². The van der Waals surface area contributed by atoms with Crippen LogP contribution in [-0.4, -0.2) is 16.2 Å². The molecule has 0 aliphatic heterocycles. The molecule has 4 nitrogen and oxygen atoms in total. The Morgan fingerprint density at radius 1 is 1.46 bits per heavy atom. The minimum atomic E-state index is -1.41. The summed E-state index contributed by atoms with van der Waals surface area (Å²) >= 11 is 0. The van der Waals surface area contributed by atoms with Gasteiger partial charge < -0.3 is 15.3 Å². The Balaban J connectivity index is 0.00000144. The molecule has 0 atom stereocenters. The Morgan fingerprint density at radius 2 is 2.00 bits per heavy atom. The summed E-state index contributed by atoms with van der Waals surface area (Å²) < 4.78 is 0. The summed E-state index contributed by atoms with van der Waals surface area (Å²) in [5, 5.41) is 28.5. The Kier molecular flexibility index (Phi) is 3.78. The van der Waals surface area contributed by atoms with Crippen LogP contribution in [0.4, 0.5) is 0 Å². The van der Waals surface area contributed by atoms with Gasteiger partial charge >= 0.3 is 23.0 Å². The van der Waals surface area contributed by atoms with Crippen LogP contribution in [0.3, 0.4) is 0 Å². The van der Waals surface area contributed by atoms with Gasteiger partial charge in [0.25, 0.3) is 0 Å². The second-order valence-corrected chi connectivity index (χ2v) is 2.46. The van der Waals surface area contributed by atoms with Crippen molar-refractivity contribution in [2.24, 2.45) is 0 Å². The maximum Gasteiger partial charge on any atom is 1.00 e. The van der Waals surface area contributed by atoms with Crippen LogP contribution in [0.15, 0.2) is 12.1 Å². The van der Waals surface area contributed by atoms with Gasteiger partial charge in [-0.15, -0.1) is 0 Å². The molecule has 0 bridgehead atoms. The molecule has 5 heteroatoms. The molecule has 74 valence electrons. The van der Waals surface area contributed by atoms with Crippen LogP contribution in [0.5, 0.6) is 11.5 Å². The predicted octanol–water partition coefficient (Wildman–Crippen LogP) is 0.470. The van der Waals surface area contributed by atoms with Crippen LogP contribution in [0, 0.1) is 6.92 Å². The van der Waals surface area contributed by atoms with Crippen molar-refractivity contribution in [1.82, 2.24) is 0 Å². The number of carboxylic acids is 1. The van der Waals surface area contributed by atoms with Crippen LogP contribution in [-0.2, 0) is 17.1 Å². The van der Waals surface area contributed by atoms with Crippen LogP contribution >= 0.6 is 0 Å². The number of rotatable bonds is 1. The molecule has 0 aliphatic carbocycles. The summed E-state index contributed by atoms with van der Waals surface area (Å²) in [6.07, 6.45) is 0. The van der Waals surface area contributed by atoms with E-state index in [-0.39, 0.29) is 17.1 Å². The van der Waals surface area contributed by atoms with Gasteiger partial charge in [0.05, 0.1) is 5.56 Å². The SMILES string of the molecule is Cc1cc([O-])c(C(=O)O)c(O)c1.[Cu+]. The smallest absolute Gasteiger partial charge is 0.872 e. The van der Waals surface area contributed by atoms with Crippen molar-refractivity contribution in [2.75, 3.05) is 0 Å². The first-order valence-electron chi connectivity index (χ1n) is 3.26. The molecule has 0 heterocycles. The molecule has 1 aromatic rings. The van der Waals surface area contributed by atoms with E-state index in [4.69, 9.17) is 10.2 Å². The second-order valence-electron chi connectivity index (χ2n) is 2.46. The van der Waals surface area contributed by atoms with Crippen LogP contribution in [0.25, 0.3) is 0 Å². The summed E-state index contributed by atoms with van der Waals surface area (Å²) in [6.45, 7) is 1.60. The van der Waals surface area contributed by atoms with Gasteiger partial charge in [-0.1, -0.05) is 11.8 Å². The van der Waals surface area contributed by atoms with Crippen molar-refractivity contribution in [2.45, 2.75) is 6.92 Å². The fourth-order valence-electron chi connectivity index (χ4n) is 0.950. The molecule has 0 radical (unpaired) electrons. The van der Waals surface area contributed by atoms with Crippen LogP contribution < -0.4 is 5.11 Å². The number of benzene rings is 1. The van der Waals surface area contributed by atoms with E-state index in [9.17, 15) is 9.90 Å². The first kappa shape index (κ1) is 11.8. The maximum atomic E-state index is 11.0. The van der Waals surface area contributed by atoms with Crippen LogP contribution in [0.2, 0.25) is 0 Å². The van der Waals surface area contributed by atoms with E-state index in [1.807, 2.05) is 0 Å². The van der Waals surface area contributed by atoms with E-state index in [0.717, 1.165) is 0 Å². The molecular formula is C8H7CuO4. The van der Waals surface area contributed by atoms with Gasteiger partial charge in [-0.3, -0.25) is 0 Å². The summed E-state index contributed by atoms with van der Waals surface area (Å²) in [4.78, 5) is 10.4. The van der Waals surface area contributed by atoms with E-state index < -0.39 is 23.0 Å². The van der Waals surface area contributed by atoms with Crippen molar-refractivity contribution in [3.05, 3.63) is 23.3 Å². The molecule has 0 amide bonds. The second kappa shape index (κ2) is 4.16. The molecule has 13 heavy (non-hydrogen) atoms. The molecule has 0 aliphatic rings. The van der Waals surface area contributed by atoms with Gasteiger partial charge in [0, 0.05) is 0 Å². The first-order chi connectivity index (χ1) is 5.52. The summed E-state index contributed by atoms with van der Waals surface area (Å²) in [5.41, 5.74) is -0.0249. The summed E-state index contributed by atoms with van der Waals surface area (Å²) in [6, 6.07) is 2.41. The van der Waals surface area contributed by atoms with Crippen LogP contribution in [0.1, 0.15) is 15.9 Å². The molecule has 0 saturated carbocycles. The molecule has 2 N–H and O–H groups in total. The summed E-state index contributed by atoms with van der Waals surface area (Å²) in [7, 11) is 0. The average Bonchev–Trinajstić information content (AvgIpc) is 1.82. The van der Waals surface area contributed by atoms with Gasteiger partial charge in [-0.05, 0) is 18.6 Å². The molecule has 1 aromatic carbocycles. The van der Waals surface area contributed by atoms with Gasteiger partial charge in [-0.25, -0.2) is 4.79 Å². The van der Waals surface area contributed by atoms with Crippen molar-refractivity contribution in [1.29, 1.82) is 0 Å². The minimum absolute atomic E-state index is 0. The van der Waals surface area contributed by atoms with Crippen molar-refractivity contribution < 1.29 is 37.2 Å². The Hall–Kier alpha value is -1.19. The molecule has 0 unspecified atom stereocenters. The number of aryl methyl sites for hydroxylation is 1. The number of aromatic carboxylic acids is 1. The van der Waals surface area contributed by atoms with Crippen molar-refractivity contribution in [3.8, 4) is 11.5 Å². The van der Waals surface area contributed by atoms with Gasteiger partial charge in [0.2, 0.25) is 0 Å². The van der Waals surface area contributed by atoms with Gasteiger partial charge in [0.15, 0.2) is 0 Å². The third kappa shape index (κ3) is 2.37. The van der Waals surface area contributed by atoms with Crippen molar-refractivity contribution >= 4 is 5.97 Å². The largest absolute Gasteiger partial charge is 1.00 e. The third-order valence-corrected chi connectivity index (χ3v) is 1.44. The fraction of sp³-hybridized carbons (Fsp3) is 0.125. The molecule has 0 fully saturated rings. The molecule has 0 aromatic heterocycles. The molecule has 0 spiro atoms. The minimum Gasteiger partial charge on any atom is -0.872 e. The number of phenols is 1. The maximum absolute atomic E-state index is 11.0.